The van der Waals surface area contributed by atoms with Gasteiger partial charge in [0, 0.05) is 25.7 Å². The molecule has 2 atom stereocenters. The van der Waals surface area contributed by atoms with Crippen molar-refractivity contribution in [3.05, 3.63) is 95.6 Å². The summed E-state index contributed by atoms with van der Waals surface area (Å²) in [7, 11) is 0. The third-order valence-electron chi connectivity index (χ3n) is 6.95. The van der Waals surface area contributed by atoms with E-state index < -0.39 is 0 Å². The average molecular weight is 471 g/mol. The lowest BCUT2D eigenvalue weighted by molar-refractivity contribution is -0.146. The first-order valence-electron chi connectivity index (χ1n) is 12.9. The molecular weight excluding hydrogens is 432 g/mol. The normalized spacial score (nSPS) is 17.7. The summed E-state index contributed by atoms with van der Waals surface area (Å²) >= 11 is 0. The fourth-order valence-corrected chi connectivity index (χ4v) is 4.97. The lowest BCUT2D eigenvalue weighted by atomic mass is 9.93. The standard InChI is InChI=1S/C31H38N2O2/c1-4-5-20-35-30(34)23-32-18-19-33(22-25(32)3)31(27-11-7-6-8-12-27)28-16-14-26(15-17-28)29-13-9-10-24(2)21-29/h6-17,21,25,31H,4-5,18-20,22-23H2,1-3H3/t25-,31-/m1/s1. The van der Waals surface area contributed by atoms with Crippen LogP contribution < -0.4 is 0 Å². The molecule has 4 heteroatoms. The number of carbonyl (C=O) groups excluding carboxylic acids is 1. The van der Waals surface area contributed by atoms with Crippen molar-refractivity contribution < 1.29 is 9.53 Å². The summed E-state index contributed by atoms with van der Waals surface area (Å²) in [5, 5.41) is 0. The van der Waals surface area contributed by atoms with Crippen LogP contribution in [0.2, 0.25) is 0 Å². The zero-order chi connectivity index (χ0) is 24.6. The van der Waals surface area contributed by atoms with Crippen molar-refractivity contribution in [2.75, 3.05) is 32.8 Å². The van der Waals surface area contributed by atoms with Crippen molar-refractivity contribution in [3.63, 3.8) is 0 Å². The minimum Gasteiger partial charge on any atom is -0.465 e. The highest BCUT2D eigenvalue weighted by Crippen LogP contribution is 2.32. The van der Waals surface area contributed by atoms with E-state index in [9.17, 15) is 4.79 Å². The Balaban J connectivity index is 1.50. The Morgan fingerprint density at radius 1 is 0.943 bits per heavy atom. The molecule has 1 fully saturated rings. The van der Waals surface area contributed by atoms with E-state index in [1.807, 2.05) is 0 Å². The van der Waals surface area contributed by atoms with Crippen molar-refractivity contribution in [1.82, 2.24) is 9.80 Å². The molecule has 4 rings (SSSR count). The second-order valence-electron chi connectivity index (χ2n) is 9.69. The predicted molar refractivity (Wildman–Crippen MR) is 143 cm³/mol. The maximum atomic E-state index is 12.3. The SMILES string of the molecule is CCCCOC(=O)CN1CCN([C@H](c2ccccc2)c2ccc(-c3cccc(C)c3)cc2)C[C@H]1C. The Hall–Kier alpha value is -2.95. The lowest BCUT2D eigenvalue weighted by Gasteiger charge is -2.43. The van der Waals surface area contributed by atoms with Crippen LogP contribution in [0.5, 0.6) is 0 Å². The molecule has 0 spiro atoms. The molecule has 0 amide bonds. The molecule has 0 aromatic heterocycles. The monoisotopic (exact) mass is 470 g/mol. The van der Waals surface area contributed by atoms with E-state index in [0.717, 1.165) is 32.5 Å². The maximum Gasteiger partial charge on any atom is 0.320 e. The fraction of sp³-hybridized carbons (Fsp3) is 0.387. The number of hydrogen-bond acceptors (Lipinski definition) is 4. The Morgan fingerprint density at radius 2 is 1.69 bits per heavy atom. The number of ether oxygens (including phenoxy) is 1. The number of aryl methyl sites for hydroxylation is 1. The summed E-state index contributed by atoms with van der Waals surface area (Å²) in [5.74, 6) is -0.106. The predicted octanol–water partition coefficient (Wildman–Crippen LogP) is 6.10. The van der Waals surface area contributed by atoms with Crippen LogP contribution >= 0.6 is 0 Å². The first-order valence-corrected chi connectivity index (χ1v) is 12.9. The molecule has 1 saturated heterocycles. The molecule has 1 aliphatic rings. The summed E-state index contributed by atoms with van der Waals surface area (Å²) in [5.41, 5.74) is 6.36. The summed E-state index contributed by atoms with van der Waals surface area (Å²) in [4.78, 5) is 17.1. The molecule has 0 aliphatic carbocycles. The summed E-state index contributed by atoms with van der Waals surface area (Å²) in [6.07, 6.45) is 1.96. The van der Waals surface area contributed by atoms with E-state index in [2.05, 4.69) is 109 Å². The Labute approximate surface area is 210 Å². The highest BCUT2D eigenvalue weighted by molar-refractivity contribution is 5.71. The van der Waals surface area contributed by atoms with Gasteiger partial charge in [-0.1, -0.05) is 97.8 Å². The molecule has 184 valence electrons. The minimum atomic E-state index is -0.106. The first-order chi connectivity index (χ1) is 17.0. The van der Waals surface area contributed by atoms with Gasteiger partial charge in [-0.05, 0) is 42.5 Å². The molecule has 4 nitrogen and oxygen atoms in total. The quantitative estimate of drug-likeness (QED) is 0.279. The van der Waals surface area contributed by atoms with E-state index in [0.29, 0.717) is 13.2 Å². The van der Waals surface area contributed by atoms with Crippen molar-refractivity contribution in [2.45, 2.75) is 45.7 Å². The molecule has 0 bridgehead atoms. The number of piperazine rings is 1. The number of unbranched alkanes of at least 4 members (excludes halogenated alkanes) is 1. The number of esters is 1. The summed E-state index contributed by atoms with van der Waals surface area (Å²) in [6.45, 7) is 10.0. The van der Waals surface area contributed by atoms with Crippen molar-refractivity contribution in [2.24, 2.45) is 0 Å². The van der Waals surface area contributed by atoms with Crippen LogP contribution in [-0.2, 0) is 9.53 Å². The van der Waals surface area contributed by atoms with Gasteiger partial charge in [-0.3, -0.25) is 14.6 Å². The third-order valence-corrected chi connectivity index (χ3v) is 6.95. The maximum absolute atomic E-state index is 12.3. The van der Waals surface area contributed by atoms with Gasteiger partial charge >= 0.3 is 5.97 Å². The van der Waals surface area contributed by atoms with Crippen molar-refractivity contribution >= 4 is 5.97 Å². The van der Waals surface area contributed by atoms with E-state index in [-0.39, 0.29) is 18.1 Å². The van der Waals surface area contributed by atoms with Gasteiger partial charge < -0.3 is 4.74 Å². The Bertz CT molecular complexity index is 1080. The number of carbonyl (C=O) groups is 1. The van der Waals surface area contributed by atoms with Gasteiger partial charge in [0.25, 0.3) is 0 Å². The van der Waals surface area contributed by atoms with Gasteiger partial charge in [-0.25, -0.2) is 0 Å². The molecule has 0 saturated carbocycles. The van der Waals surface area contributed by atoms with Gasteiger partial charge in [-0.15, -0.1) is 0 Å². The summed E-state index contributed by atoms with van der Waals surface area (Å²) < 4.78 is 5.41. The molecule has 1 aliphatic heterocycles. The molecule has 1 heterocycles. The van der Waals surface area contributed by atoms with Crippen molar-refractivity contribution in [1.29, 1.82) is 0 Å². The molecule has 0 N–H and O–H groups in total. The second kappa shape index (κ2) is 12.1. The van der Waals surface area contributed by atoms with Gasteiger partial charge in [0.05, 0.1) is 19.2 Å². The highest BCUT2D eigenvalue weighted by Gasteiger charge is 2.31. The Kier molecular flexibility index (Phi) is 8.73. The highest BCUT2D eigenvalue weighted by atomic mass is 16.5. The van der Waals surface area contributed by atoms with Crippen LogP contribution in [0, 0.1) is 6.92 Å². The second-order valence-corrected chi connectivity index (χ2v) is 9.69. The molecule has 0 unspecified atom stereocenters. The number of nitrogens with zero attached hydrogens (tertiary/aromatic N) is 2. The van der Waals surface area contributed by atoms with Gasteiger partial charge in [-0.2, -0.15) is 0 Å². The van der Waals surface area contributed by atoms with Crippen LogP contribution in [0.3, 0.4) is 0 Å². The number of benzene rings is 3. The zero-order valence-electron chi connectivity index (χ0n) is 21.3. The largest absolute Gasteiger partial charge is 0.465 e. The van der Waals surface area contributed by atoms with Crippen molar-refractivity contribution in [3.8, 4) is 11.1 Å². The number of rotatable bonds is 9. The smallest absolute Gasteiger partial charge is 0.320 e. The van der Waals surface area contributed by atoms with E-state index in [4.69, 9.17) is 4.74 Å². The van der Waals surface area contributed by atoms with Crippen LogP contribution in [0.1, 0.15) is 49.4 Å². The van der Waals surface area contributed by atoms with E-state index >= 15 is 0 Å². The first kappa shape index (κ1) is 25.2. The van der Waals surface area contributed by atoms with Crippen LogP contribution in [0.4, 0.5) is 0 Å². The lowest BCUT2D eigenvalue weighted by Crippen LogP contribution is -2.54. The van der Waals surface area contributed by atoms with Gasteiger partial charge in [0.2, 0.25) is 0 Å². The minimum absolute atomic E-state index is 0.106. The van der Waals surface area contributed by atoms with E-state index in [1.54, 1.807) is 0 Å². The third kappa shape index (κ3) is 6.59. The van der Waals surface area contributed by atoms with Crippen LogP contribution in [-0.4, -0.2) is 54.6 Å². The average Bonchev–Trinajstić information content (AvgIpc) is 2.87. The van der Waals surface area contributed by atoms with Crippen LogP contribution in [0.15, 0.2) is 78.9 Å². The van der Waals surface area contributed by atoms with Gasteiger partial charge in [0.15, 0.2) is 0 Å². The van der Waals surface area contributed by atoms with E-state index in [1.165, 1.54) is 27.8 Å². The zero-order valence-corrected chi connectivity index (χ0v) is 21.3. The molecule has 35 heavy (non-hydrogen) atoms. The topological polar surface area (TPSA) is 32.8 Å². The molecule has 3 aromatic rings. The van der Waals surface area contributed by atoms with Gasteiger partial charge in [0.1, 0.15) is 0 Å². The summed E-state index contributed by atoms with van der Waals surface area (Å²) in [6, 6.07) is 28.9. The molecular formula is C31H38N2O2. The molecule has 3 aromatic carbocycles. The number of hydrogen-bond donors (Lipinski definition) is 0. The Morgan fingerprint density at radius 3 is 2.37 bits per heavy atom. The van der Waals surface area contributed by atoms with Crippen LogP contribution in [0.25, 0.3) is 11.1 Å². The fourth-order valence-electron chi connectivity index (χ4n) is 4.97. The molecule has 0 radical (unpaired) electrons.